The number of para-hydroxylation sites is 2. The first kappa shape index (κ1) is 39.9. The lowest BCUT2D eigenvalue weighted by Gasteiger charge is -2.40. The Morgan fingerprint density at radius 1 is 0.424 bits per heavy atom. The predicted molar refractivity (Wildman–Crippen MR) is 282 cm³/mol. The predicted octanol–water partition coefficient (Wildman–Crippen LogP) is 16.3. The van der Waals surface area contributed by atoms with Gasteiger partial charge in [-0.2, -0.15) is 0 Å². The molecule has 13 rings (SSSR count). The zero-order valence-electron chi connectivity index (χ0n) is 37.2. The van der Waals surface area contributed by atoms with Gasteiger partial charge in [0.25, 0.3) is 0 Å². The monoisotopic (exact) mass is 868 g/mol. The fourth-order valence-corrected chi connectivity index (χ4v) is 11.6. The molecule has 318 valence electrons. The van der Waals surface area contributed by atoms with Crippen molar-refractivity contribution in [1.29, 1.82) is 0 Å². The first-order chi connectivity index (χ1) is 32.7. The molecule has 9 aromatic carbocycles. The maximum Gasteiger partial charge on any atom is 0.106 e. The van der Waals surface area contributed by atoms with Crippen LogP contribution in [0.2, 0.25) is 0 Å². The van der Waals surface area contributed by atoms with Crippen LogP contribution in [-0.2, 0) is 0 Å². The molecule has 12 aromatic rings. The van der Waals surface area contributed by atoms with Crippen molar-refractivity contribution in [2.75, 3.05) is 7.05 Å². The number of fused-ring (bicyclic) bond motifs is 10. The van der Waals surface area contributed by atoms with Gasteiger partial charge < -0.3 is 14.0 Å². The van der Waals surface area contributed by atoms with Crippen LogP contribution in [0.5, 0.6) is 0 Å². The van der Waals surface area contributed by atoms with Gasteiger partial charge >= 0.3 is 0 Å². The Hall–Kier alpha value is -7.70. The van der Waals surface area contributed by atoms with E-state index in [9.17, 15) is 0 Å². The molecule has 1 aliphatic rings. The lowest BCUT2D eigenvalue weighted by atomic mass is 9.97. The summed E-state index contributed by atoms with van der Waals surface area (Å²) in [7, 11) is 2.20. The minimum Gasteiger partial charge on any atom is -0.355 e. The normalized spacial score (nSPS) is 15.2. The van der Waals surface area contributed by atoms with Gasteiger partial charge in [0, 0.05) is 65.8 Å². The first-order valence-electron chi connectivity index (χ1n) is 23.1. The standard InChI is InChI=1S/C59H42N4S.C2H6/c1-61-55(39-17-7-3-8-18-39)37-50(38-15-5-2-6-16-38)60-59(61)40-25-29-44(30-26-40)63-53-33-28-42(36-49(53)57-54(63)34-31-47-46-22-12-14-24-56(46)64-58(47)57)41-27-32-52-48(35-41)45-21-11-13-23-51(45)62(52)43-19-9-4-10-20-43;1-2/h2-37,50,59-60H,1H3;1-2H3. The van der Waals surface area contributed by atoms with E-state index in [-0.39, 0.29) is 12.2 Å². The second-order valence-corrected chi connectivity index (χ2v) is 18.1. The van der Waals surface area contributed by atoms with E-state index < -0.39 is 0 Å². The molecule has 0 amide bonds. The van der Waals surface area contributed by atoms with Crippen molar-refractivity contribution >= 4 is 80.8 Å². The van der Waals surface area contributed by atoms with Crippen LogP contribution in [0.1, 0.15) is 42.7 Å². The van der Waals surface area contributed by atoms with E-state index in [1.807, 2.05) is 25.2 Å². The summed E-state index contributed by atoms with van der Waals surface area (Å²) in [5.41, 5.74) is 14.5. The molecule has 5 heteroatoms. The van der Waals surface area contributed by atoms with Crippen LogP contribution in [0.3, 0.4) is 0 Å². The van der Waals surface area contributed by atoms with Gasteiger partial charge in [-0.05, 0) is 101 Å². The summed E-state index contributed by atoms with van der Waals surface area (Å²) < 4.78 is 7.50. The third-order valence-corrected chi connectivity index (χ3v) is 14.6. The van der Waals surface area contributed by atoms with Crippen molar-refractivity contribution in [3.05, 3.63) is 235 Å². The average Bonchev–Trinajstić information content (AvgIpc) is 4.05. The molecule has 4 nitrogen and oxygen atoms in total. The summed E-state index contributed by atoms with van der Waals surface area (Å²) in [4.78, 5) is 2.38. The van der Waals surface area contributed by atoms with Crippen LogP contribution in [0.15, 0.2) is 218 Å². The largest absolute Gasteiger partial charge is 0.355 e. The highest BCUT2D eigenvalue weighted by molar-refractivity contribution is 7.26. The SMILES string of the molecule is CC.CN1C(c2ccccc2)=CC(c2ccccc2)NC1c1ccc(-n2c3ccc(-c4ccc5c(c4)c4ccccc4n5-c4ccccc4)cc3c3c4sc5ccccc5c4ccc32)cc1. The Kier molecular flexibility index (Phi) is 9.89. The molecule has 0 spiro atoms. The van der Waals surface area contributed by atoms with Crippen LogP contribution in [0.25, 0.3) is 92.0 Å². The lowest BCUT2D eigenvalue weighted by molar-refractivity contribution is 0.263. The summed E-state index contributed by atoms with van der Waals surface area (Å²) in [5, 5.41) is 11.7. The molecule has 4 heterocycles. The van der Waals surface area contributed by atoms with E-state index in [0.29, 0.717) is 0 Å². The average molecular weight is 869 g/mol. The Labute approximate surface area is 388 Å². The molecule has 0 saturated carbocycles. The van der Waals surface area contributed by atoms with Crippen molar-refractivity contribution in [1.82, 2.24) is 19.4 Å². The highest BCUT2D eigenvalue weighted by atomic mass is 32.1. The summed E-state index contributed by atoms with van der Waals surface area (Å²) in [6.07, 6.45) is 2.33. The van der Waals surface area contributed by atoms with Gasteiger partial charge in [0.05, 0.1) is 28.1 Å². The van der Waals surface area contributed by atoms with Crippen molar-refractivity contribution in [3.63, 3.8) is 0 Å². The zero-order valence-corrected chi connectivity index (χ0v) is 38.0. The minimum absolute atomic E-state index is 0.0302. The number of hydrogen-bond acceptors (Lipinski definition) is 3. The van der Waals surface area contributed by atoms with E-state index in [1.54, 1.807) is 0 Å². The van der Waals surface area contributed by atoms with Gasteiger partial charge in [-0.3, -0.25) is 5.32 Å². The summed E-state index contributed by atoms with van der Waals surface area (Å²) in [6, 6.07) is 77.9. The highest BCUT2D eigenvalue weighted by Gasteiger charge is 2.29. The molecular formula is C61H48N4S. The zero-order chi connectivity index (χ0) is 44.3. The van der Waals surface area contributed by atoms with E-state index >= 15 is 0 Å². The molecule has 0 bridgehead atoms. The lowest BCUT2D eigenvalue weighted by Crippen LogP contribution is -2.40. The third kappa shape index (κ3) is 6.46. The number of thiophene rings is 1. The fourth-order valence-electron chi connectivity index (χ4n) is 10.4. The van der Waals surface area contributed by atoms with Gasteiger partial charge in [-0.1, -0.05) is 159 Å². The van der Waals surface area contributed by atoms with Gasteiger partial charge in [0.1, 0.15) is 6.17 Å². The summed E-state index contributed by atoms with van der Waals surface area (Å²) >= 11 is 1.90. The second-order valence-electron chi connectivity index (χ2n) is 17.0. The Balaban J connectivity index is 0.00000225. The number of benzene rings is 9. The number of nitrogens with one attached hydrogen (secondary N) is 1. The van der Waals surface area contributed by atoms with E-state index in [2.05, 4.69) is 245 Å². The van der Waals surface area contributed by atoms with Crippen LogP contribution in [0, 0.1) is 0 Å². The van der Waals surface area contributed by atoms with Gasteiger partial charge in [0.2, 0.25) is 0 Å². The molecule has 3 aromatic heterocycles. The van der Waals surface area contributed by atoms with Crippen LogP contribution < -0.4 is 5.32 Å². The van der Waals surface area contributed by atoms with Gasteiger partial charge in [-0.25, -0.2) is 0 Å². The number of nitrogens with zero attached hydrogens (tertiary/aromatic N) is 3. The van der Waals surface area contributed by atoms with E-state index in [4.69, 9.17) is 0 Å². The topological polar surface area (TPSA) is 25.1 Å². The first-order valence-corrected chi connectivity index (χ1v) is 23.9. The van der Waals surface area contributed by atoms with Gasteiger partial charge in [-0.15, -0.1) is 11.3 Å². The fraction of sp³-hybridized carbons (Fsp3) is 0.0820. The van der Waals surface area contributed by atoms with Crippen LogP contribution >= 0.6 is 11.3 Å². The van der Waals surface area contributed by atoms with Crippen LogP contribution in [-0.4, -0.2) is 21.1 Å². The summed E-state index contributed by atoms with van der Waals surface area (Å²) in [5.74, 6) is 0. The third-order valence-electron chi connectivity index (χ3n) is 13.4. The molecule has 1 N–H and O–H groups in total. The second kappa shape index (κ2) is 16.4. The highest BCUT2D eigenvalue weighted by Crippen LogP contribution is 2.45. The van der Waals surface area contributed by atoms with Crippen LogP contribution in [0.4, 0.5) is 0 Å². The maximum absolute atomic E-state index is 3.98. The minimum atomic E-state index is -0.0302. The van der Waals surface area contributed by atoms with E-state index in [0.717, 1.165) is 5.69 Å². The number of rotatable bonds is 6. The molecule has 0 radical (unpaired) electrons. The molecule has 66 heavy (non-hydrogen) atoms. The quantitative estimate of drug-likeness (QED) is 0.180. The maximum atomic E-state index is 3.98. The Bertz CT molecular complexity index is 3770. The Morgan fingerprint density at radius 3 is 1.73 bits per heavy atom. The summed E-state index contributed by atoms with van der Waals surface area (Å²) in [6.45, 7) is 4.00. The molecule has 1 aliphatic heterocycles. The van der Waals surface area contributed by atoms with Crippen molar-refractivity contribution in [2.45, 2.75) is 26.1 Å². The number of hydrogen-bond donors (Lipinski definition) is 1. The molecular weight excluding hydrogens is 821 g/mol. The molecule has 0 saturated heterocycles. The Morgan fingerprint density at radius 2 is 0.985 bits per heavy atom. The molecule has 0 aliphatic carbocycles. The smallest absolute Gasteiger partial charge is 0.106 e. The van der Waals surface area contributed by atoms with Crippen molar-refractivity contribution in [2.24, 2.45) is 0 Å². The number of aromatic nitrogens is 2. The van der Waals surface area contributed by atoms with Crippen molar-refractivity contribution in [3.8, 4) is 22.5 Å². The van der Waals surface area contributed by atoms with Crippen molar-refractivity contribution < 1.29 is 0 Å². The molecule has 2 atom stereocenters. The van der Waals surface area contributed by atoms with Gasteiger partial charge in [0.15, 0.2) is 0 Å². The van der Waals surface area contributed by atoms with E-state index in [1.165, 1.54) is 103 Å². The molecule has 0 fully saturated rings. The molecule has 2 unspecified atom stereocenters.